The van der Waals surface area contributed by atoms with Crippen LogP contribution < -0.4 is 9.62 Å². The maximum atomic E-state index is 13.3. The Balaban J connectivity index is 1.64. The molecule has 0 unspecified atom stereocenters. The molecule has 172 valence electrons. The maximum absolute atomic E-state index is 13.3. The van der Waals surface area contributed by atoms with Crippen LogP contribution in [0.3, 0.4) is 0 Å². The Morgan fingerprint density at radius 2 is 1.61 bits per heavy atom. The SMILES string of the molecule is CN(C)S(=O)(=O)c1ccccc1NC(=O)c1cccc(S(=O)(=O)N2CCc3ccccc32)c1. The van der Waals surface area contributed by atoms with Gasteiger partial charge in [-0.1, -0.05) is 36.4 Å². The van der Waals surface area contributed by atoms with Crippen LogP contribution in [0.2, 0.25) is 0 Å². The molecule has 0 atom stereocenters. The highest BCUT2D eigenvalue weighted by Gasteiger charge is 2.31. The minimum Gasteiger partial charge on any atom is -0.321 e. The summed E-state index contributed by atoms with van der Waals surface area (Å²) in [6.45, 7) is 0.327. The van der Waals surface area contributed by atoms with E-state index in [4.69, 9.17) is 0 Å². The van der Waals surface area contributed by atoms with E-state index in [1.165, 1.54) is 54.8 Å². The highest BCUT2D eigenvalue weighted by Crippen LogP contribution is 2.33. The van der Waals surface area contributed by atoms with Crippen molar-refractivity contribution in [3.05, 3.63) is 83.9 Å². The number of sulfonamides is 2. The first-order valence-corrected chi connectivity index (χ1v) is 13.0. The summed E-state index contributed by atoms with van der Waals surface area (Å²) < 4.78 is 54.2. The van der Waals surface area contributed by atoms with Crippen LogP contribution >= 0.6 is 0 Å². The number of nitrogens with zero attached hydrogens (tertiary/aromatic N) is 2. The lowest BCUT2D eigenvalue weighted by Crippen LogP contribution is -2.29. The molecule has 8 nitrogen and oxygen atoms in total. The Morgan fingerprint density at radius 3 is 2.36 bits per heavy atom. The summed E-state index contributed by atoms with van der Waals surface area (Å²) in [5.41, 5.74) is 1.79. The van der Waals surface area contributed by atoms with Gasteiger partial charge in [-0.15, -0.1) is 0 Å². The molecule has 1 amide bonds. The van der Waals surface area contributed by atoms with Crippen molar-refractivity contribution in [2.24, 2.45) is 0 Å². The molecule has 3 aromatic carbocycles. The van der Waals surface area contributed by atoms with Crippen LogP contribution in [0, 0.1) is 0 Å². The smallest absolute Gasteiger partial charge is 0.264 e. The molecule has 0 bridgehead atoms. The first-order chi connectivity index (χ1) is 15.6. The molecule has 4 rings (SSSR count). The molecule has 0 aromatic heterocycles. The van der Waals surface area contributed by atoms with Crippen molar-refractivity contribution in [3.8, 4) is 0 Å². The number of nitrogens with one attached hydrogen (secondary N) is 1. The Kier molecular flexibility index (Phi) is 6.00. The van der Waals surface area contributed by atoms with Crippen molar-refractivity contribution in [3.63, 3.8) is 0 Å². The number of amides is 1. The van der Waals surface area contributed by atoms with Crippen molar-refractivity contribution >= 4 is 37.3 Å². The number of hydrogen-bond donors (Lipinski definition) is 1. The standard InChI is InChI=1S/C23H23N3O5S2/c1-25(2)33(30,31)22-13-6-4-11-20(22)24-23(27)18-9-7-10-19(16-18)32(28,29)26-15-14-17-8-3-5-12-21(17)26/h3-13,16H,14-15H2,1-2H3,(H,24,27). The summed E-state index contributed by atoms with van der Waals surface area (Å²) in [6.07, 6.45) is 0.618. The number of carbonyl (C=O) groups excluding carboxylic acids is 1. The minimum atomic E-state index is -3.87. The Morgan fingerprint density at radius 1 is 0.909 bits per heavy atom. The molecule has 0 radical (unpaired) electrons. The number of rotatable bonds is 6. The average molecular weight is 486 g/mol. The molecule has 0 spiro atoms. The van der Waals surface area contributed by atoms with Crippen LogP contribution in [-0.2, 0) is 26.5 Å². The maximum Gasteiger partial charge on any atom is 0.264 e. The van der Waals surface area contributed by atoms with Crippen molar-refractivity contribution in [1.82, 2.24) is 4.31 Å². The van der Waals surface area contributed by atoms with Gasteiger partial charge in [0.2, 0.25) is 10.0 Å². The zero-order valence-electron chi connectivity index (χ0n) is 18.1. The van der Waals surface area contributed by atoms with E-state index in [9.17, 15) is 21.6 Å². The van der Waals surface area contributed by atoms with Gasteiger partial charge < -0.3 is 5.32 Å². The van der Waals surface area contributed by atoms with E-state index in [2.05, 4.69) is 5.32 Å². The summed E-state index contributed by atoms with van der Waals surface area (Å²) in [5.74, 6) is -0.615. The quantitative estimate of drug-likeness (QED) is 0.578. The third kappa shape index (κ3) is 4.24. The van der Waals surface area contributed by atoms with Crippen molar-refractivity contribution in [2.45, 2.75) is 16.2 Å². The van der Waals surface area contributed by atoms with Gasteiger partial charge in [0, 0.05) is 26.2 Å². The van der Waals surface area contributed by atoms with Crippen LogP contribution in [0.1, 0.15) is 15.9 Å². The molecule has 0 saturated heterocycles. The molecule has 10 heteroatoms. The van der Waals surface area contributed by atoms with Crippen LogP contribution in [0.15, 0.2) is 82.6 Å². The van der Waals surface area contributed by atoms with Gasteiger partial charge in [-0.25, -0.2) is 21.1 Å². The number of anilines is 2. The predicted octanol–water partition coefficient (Wildman–Crippen LogP) is 2.94. The first-order valence-electron chi connectivity index (χ1n) is 10.2. The van der Waals surface area contributed by atoms with E-state index >= 15 is 0 Å². The first kappa shape index (κ1) is 23.0. The van der Waals surface area contributed by atoms with Crippen LogP contribution in [0.4, 0.5) is 11.4 Å². The van der Waals surface area contributed by atoms with Gasteiger partial charge in [0.05, 0.1) is 16.3 Å². The van der Waals surface area contributed by atoms with E-state index in [0.29, 0.717) is 18.7 Å². The zero-order chi connectivity index (χ0) is 23.8. The Labute approximate surface area is 193 Å². The lowest BCUT2D eigenvalue weighted by Gasteiger charge is -2.20. The van der Waals surface area contributed by atoms with Crippen molar-refractivity contribution in [2.75, 3.05) is 30.3 Å². The van der Waals surface area contributed by atoms with Crippen LogP contribution in [0.25, 0.3) is 0 Å². The molecular weight excluding hydrogens is 462 g/mol. The molecule has 1 aliphatic heterocycles. The Hall–Kier alpha value is -3.21. The van der Waals surface area contributed by atoms with Gasteiger partial charge in [-0.2, -0.15) is 0 Å². The number of fused-ring (bicyclic) bond motifs is 1. The largest absolute Gasteiger partial charge is 0.321 e. The van der Waals surface area contributed by atoms with E-state index in [1.54, 1.807) is 24.3 Å². The summed E-state index contributed by atoms with van der Waals surface area (Å²) in [5, 5.41) is 2.60. The van der Waals surface area contributed by atoms with Gasteiger partial charge >= 0.3 is 0 Å². The normalized spacial score (nSPS) is 13.7. The predicted molar refractivity (Wildman–Crippen MR) is 126 cm³/mol. The summed E-state index contributed by atoms with van der Waals surface area (Å²) in [4.78, 5) is 12.9. The van der Waals surface area contributed by atoms with Crippen molar-refractivity contribution in [1.29, 1.82) is 0 Å². The third-order valence-corrected chi connectivity index (χ3v) is 9.11. The molecule has 1 N–H and O–H groups in total. The van der Waals surface area contributed by atoms with E-state index < -0.39 is 26.0 Å². The van der Waals surface area contributed by atoms with E-state index in [-0.39, 0.29) is 21.0 Å². The molecule has 3 aromatic rings. The molecule has 0 fully saturated rings. The fourth-order valence-electron chi connectivity index (χ4n) is 3.67. The lowest BCUT2D eigenvalue weighted by molar-refractivity contribution is 0.102. The summed E-state index contributed by atoms with van der Waals surface area (Å²) >= 11 is 0. The number of benzene rings is 3. The molecule has 0 aliphatic carbocycles. The average Bonchev–Trinajstić information content (AvgIpc) is 3.24. The third-order valence-electron chi connectivity index (χ3n) is 5.42. The fourth-order valence-corrected chi connectivity index (χ4v) is 6.26. The summed E-state index contributed by atoms with van der Waals surface area (Å²) in [6, 6.07) is 19.1. The molecule has 0 saturated carbocycles. The van der Waals surface area contributed by atoms with Crippen LogP contribution in [-0.4, -0.2) is 47.7 Å². The molecule has 1 heterocycles. The fraction of sp³-hybridized carbons (Fsp3) is 0.174. The van der Waals surface area contributed by atoms with Gasteiger partial charge in [0.25, 0.3) is 15.9 Å². The second-order valence-corrected chi connectivity index (χ2v) is 11.7. The van der Waals surface area contributed by atoms with Gasteiger partial charge in [-0.05, 0) is 48.4 Å². The summed E-state index contributed by atoms with van der Waals surface area (Å²) in [7, 11) is -4.86. The highest BCUT2D eigenvalue weighted by molar-refractivity contribution is 7.92. The topological polar surface area (TPSA) is 104 Å². The van der Waals surface area contributed by atoms with Crippen molar-refractivity contribution < 1.29 is 21.6 Å². The minimum absolute atomic E-state index is 0.0129. The molecule has 1 aliphatic rings. The van der Waals surface area contributed by atoms with Gasteiger partial charge in [0.15, 0.2) is 0 Å². The van der Waals surface area contributed by atoms with Gasteiger partial charge in [0.1, 0.15) is 4.90 Å². The van der Waals surface area contributed by atoms with E-state index in [1.807, 2.05) is 12.1 Å². The monoisotopic (exact) mass is 485 g/mol. The number of para-hydroxylation sites is 2. The van der Waals surface area contributed by atoms with Gasteiger partial charge in [-0.3, -0.25) is 9.10 Å². The number of carbonyl (C=O) groups is 1. The second kappa shape index (κ2) is 8.62. The lowest BCUT2D eigenvalue weighted by atomic mass is 10.2. The molecule has 33 heavy (non-hydrogen) atoms. The second-order valence-electron chi connectivity index (χ2n) is 7.72. The molecular formula is C23H23N3O5S2. The highest BCUT2D eigenvalue weighted by atomic mass is 32.2. The zero-order valence-corrected chi connectivity index (χ0v) is 19.7. The number of hydrogen-bond acceptors (Lipinski definition) is 5. The Bertz CT molecular complexity index is 1430. The van der Waals surface area contributed by atoms with Crippen LogP contribution in [0.5, 0.6) is 0 Å². The van der Waals surface area contributed by atoms with E-state index in [0.717, 1.165) is 9.87 Å².